The molecule has 1 aliphatic heterocycles. The minimum absolute atomic E-state index is 0.128. The standard InChI is InChI=1S/C20H24N4O3/c21-17-3-1-2-16(14-17)20(26)23-18-6-4-15(5-7-18)19(25)22-8-9-24-10-12-27-13-11-24/h1-7,14H,8-13,21H2,(H,22,25)(H,23,26). The van der Waals surface area contributed by atoms with E-state index in [2.05, 4.69) is 15.5 Å². The highest BCUT2D eigenvalue weighted by Gasteiger charge is 2.11. The molecule has 1 aliphatic rings. The van der Waals surface area contributed by atoms with E-state index in [0.29, 0.717) is 29.0 Å². The quantitative estimate of drug-likeness (QED) is 0.673. The molecule has 1 fully saturated rings. The van der Waals surface area contributed by atoms with Crippen LogP contribution in [0, 0.1) is 0 Å². The topological polar surface area (TPSA) is 96.7 Å². The van der Waals surface area contributed by atoms with Crippen molar-refractivity contribution in [2.24, 2.45) is 0 Å². The van der Waals surface area contributed by atoms with Crippen molar-refractivity contribution < 1.29 is 14.3 Å². The number of morpholine rings is 1. The molecule has 4 N–H and O–H groups in total. The minimum atomic E-state index is -0.245. The molecule has 1 saturated heterocycles. The Kier molecular flexibility index (Phi) is 6.40. The van der Waals surface area contributed by atoms with Crippen LogP contribution in [0.3, 0.4) is 0 Å². The summed E-state index contributed by atoms with van der Waals surface area (Å²) in [7, 11) is 0. The summed E-state index contributed by atoms with van der Waals surface area (Å²) in [5.74, 6) is -0.373. The van der Waals surface area contributed by atoms with E-state index in [1.807, 2.05) is 0 Å². The van der Waals surface area contributed by atoms with Crippen LogP contribution < -0.4 is 16.4 Å². The number of nitrogens with one attached hydrogen (secondary N) is 2. The van der Waals surface area contributed by atoms with Crippen molar-refractivity contribution >= 4 is 23.2 Å². The van der Waals surface area contributed by atoms with Crippen LogP contribution in [-0.4, -0.2) is 56.1 Å². The number of amides is 2. The van der Waals surface area contributed by atoms with Crippen LogP contribution in [0.1, 0.15) is 20.7 Å². The summed E-state index contributed by atoms with van der Waals surface area (Å²) in [6, 6.07) is 13.6. The van der Waals surface area contributed by atoms with Gasteiger partial charge in [-0.2, -0.15) is 0 Å². The third kappa shape index (κ3) is 5.54. The molecule has 7 nitrogen and oxygen atoms in total. The number of rotatable bonds is 6. The number of anilines is 2. The largest absolute Gasteiger partial charge is 0.399 e. The number of carbonyl (C=O) groups excluding carboxylic acids is 2. The van der Waals surface area contributed by atoms with Gasteiger partial charge in [0.25, 0.3) is 11.8 Å². The van der Waals surface area contributed by atoms with Crippen molar-refractivity contribution in [3.63, 3.8) is 0 Å². The van der Waals surface area contributed by atoms with Crippen molar-refractivity contribution in [2.45, 2.75) is 0 Å². The Balaban J connectivity index is 1.48. The molecule has 2 amide bonds. The van der Waals surface area contributed by atoms with Gasteiger partial charge in [-0.05, 0) is 42.5 Å². The van der Waals surface area contributed by atoms with Crippen LogP contribution in [0.15, 0.2) is 48.5 Å². The first-order valence-electron chi connectivity index (χ1n) is 8.97. The van der Waals surface area contributed by atoms with Gasteiger partial charge in [-0.3, -0.25) is 14.5 Å². The molecular weight excluding hydrogens is 344 g/mol. The summed E-state index contributed by atoms with van der Waals surface area (Å²) in [6.07, 6.45) is 0. The van der Waals surface area contributed by atoms with Crippen molar-refractivity contribution in [2.75, 3.05) is 50.4 Å². The molecule has 0 radical (unpaired) electrons. The second kappa shape index (κ2) is 9.16. The van der Waals surface area contributed by atoms with Crippen molar-refractivity contribution in [3.05, 3.63) is 59.7 Å². The number of benzene rings is 2. The molecule has 2 aromatic rings. The lowest BCUT2D eigenvalue weighted by Gasteiger charge is -2.26. The maximum atomic E-state index is 12.2. The highest BCUT2D eigenvalue weighted by molar-refractivity contribution is 6.05. The highest BCUT2D eigenvalue weighted by Crippen LogP contribution is 2.13. The van der Waals surface area contributed by atoms with Gasteiger partial charge >= 0.3 is 0 Å². The second-order valence-electron chi connectivity index (χ2n) is 6.37. The van der Waals surface area contributed by atoms with E-state index in [1.165, 1.54) is 0 Å². The van der Waals surface area contributed by atoms with E-state index in [1.54, 1.807) is 48.5 Å². The van der Waals surface area contributed by atoms with E-state index >= 15 is 0 Å². The zero-order valence-corrected chi connectivity index (χ0v) is 15.1. The zero-order valence-electron chi connectivity index (χ0n) is 15.1. The molecule has 0 bridgehead atoms. The first kappa shape index (κ1) is 18.9. The van der Waals surface area contributed by atoms with Crippen LogP contribution >= 0.6 is 0 Å². The van der Waals surface area contributed by atoms with Crippen LogP contribution in [0.4, 0.5) is 11.4 Å². The lowest BCUT2D eigenvalue weighted by Crippen LogP contribution is -2.41. The zero-order chi connectivity index (χ0) is 19.1. The van der Waals surface area contributed by atoms with Gasteiger partial charge in [0.15, 0.2) is 0 Å². The maximum Gasteiger partial charge on any atom is 0.255 e. The van der Waals surface area contributed by atoms with Crippen LogP contribution in [-0.2, 0) is 4.74 Å². The fourth-order valence-electron chi connectivity index (χ4n) is 2.84. The third-order valence-electron chi connectivity index (χ3n) is 4.37. The molecule has 7 heteroatoms. The summed E-state index contributed by atoms with van der Waals surface area (Å²) < 4.78 is 5.30. The van der Waals surface area contributed by atoms with Crippen LogP contribution in [0.25, 0.3) is 0 Å². The fraction of sp³-hybridized carbons (Fsp3) is 0.300. The summed E-state index contributed by atoms with van der Waals surface area (Å²) in [6.45, 7) is 4.69. The Hall–Kier alpha value is -2.90. The fourth-order valence-corrected chi connectivity index (χ4v) is 2.84. The molecule has 0 spiro atoms. The van der Waals surface area contributed by atoms with Crippen molar-refractivity contribution in [1.29, 1.82) is 0 Å². The molecule has 0 aliphatic carbocycles. The number of ether oxygens (including phenoxy) is 1. The summed E-state index contributed by atoms with van der Waals surface area (Å²) in [5.41, 5.74) is 7.89. The van der Waals surface area contributed by atoms with Gasteiger partial charge in [-0.1, -0.05) is 6.07 Å². The Bertz CT molecular complexity index is 786. The average molecular weight is 368 g/mol. The molecule has 27 heavy (non-hydrogen) atoms. The average Bonchev–Trinajstić information content (AvgIpc) is 2.69. The van der Waals surface area contributed by atoms with Crippen LogP contribution in [0.5, 0.6) is 0 Å². The van der Waals surface area contributed by atoms with E-state index < -0.39 is 0 Å². The van der Waals surface area contributed by atoms with Crippen molar-refractivity contribution in [1.82, 2.24) is 10.2 Å². The van der Waals surface area contributed by atoms with Gasteiger partial charge in [0.05, 0.1) is 13.2 Å². The molecular formula is C20H24N4O3. The van der Waals surface area contributed by atoms with E-state index in [4.69, 9.17) is 10.5 Å². The molecule has 0 saturated carbocycles. The normalized spacial score (nSPS) is 14.5. The Labute approximate surface area is 158 Å². The first-order valence-corrected chi connectivity index (χ1v) is 8.97. The smallest absolute Gasteiger partial charge is 0.255 e. The molecule has 0 unspecified atom stereocenters. The predicted molar refractivity (Wildman–Crippen MR) is 105 cm³/mol. The minimum Gasteiger partial charge on any atom is -0.399 e. The summed E-state index contributed by atoms with van der Waals surface area (Å²) in [4.78, 5) is 26.7. The summed E-state index contributed by atoms with van der Waals surface area (Å²) in [5, 5.41) is 5.71. The number of carbonyl (C=O) groups is 2. The third-order valence-corrected chi connectivity index (χ3v) is 4.37. The first-order chi connectivity index (χ1) is 13.1. The number of nitrogen functional groups attached to an aromatic ring is 1. The Morgan fingerprint density at radius 2 is 1.74 bits per heavy atom. The van der Waals surface area contributed by atoms with E-state index in [-0.39, 0.29) is 11.8 Å². The maximum absolute atomic E-state index is 12.2. The molecule has 3 rings (SSSR count). The van der Waals surface area contributed by atoms with Crippen molar-refractivity contribution in [3.8, 4) is 0 Å². The molecule has 1 heterocycles. The Morgan fingerprint density at radius 1 is 1.00 bits per heavy atom. The summed E-state index contributed by atoms with van der Waals surface area (Å²) >= 11 is 0. The van der Waals surface area contributed by atoms with Gasteiger partial charge in [0.2, 0.25) is 0 Å². The number of nitrogens with zero attached hydrogens (tertiary/aromatic N) is 1. The van der Waals surface area contributed by atoms with Gasteiger partial charge in [0, 0.05) is 48.7 Å². The van der Waals surface area contributed by atoms with Gasteiger partial charge in [-0.25, -0.2) is 0 Å². The monoisotopic (exact) mass is 368 g/mol. The molecule has 0 atom stereocenters. The SMILES string of the molecule is Nc1cccc(C(=O)Nc2ccc(C(=O)NCCN3CCOCC3)cc2)c1. The highest BCUT2D eigenvalue weighted by atomic mass is 16.5. The molecule has 142 valence electrons. The number of nitrogens with two attached hydrogens (primary N) is 1. The Morgan fingerprint density at radius 3 is 2.44 bits per heavy atom. The lowest BCUT2D eigenvalue weighted by molar-refractivity contribution is 0.0383. The van der Waals surface area contributed by atoms with Gasteiger partial charge in [0.1, 0.15) is 0 Å². The molecule has 0 aromatic heterocycles. The van der Waals surface area contributed by atoms with E-state index in [0.717, 1.165) is 32.8 Å². The second-order valence-corrected chi connectivity index (χ2v) is 6.37. The van der Waals surface area contributed by atoms with Gasteiger partial charge < -0.3 is 21.1 Å². The molecule has 2 aromatic carbocycles. The lowest BCUT2D eigenvalue weighted by atomic mass is 10.1. The van der Waals surface area contributed by atoms with E-state index in [9.17, 15) is 9.59 Å². The van der Waals surface area contributed by atoms with Crippen LogP contribution in [0.2, 0.25) is 0 Å². The van der Waals surface area contributed by atoms with Gasteiger partial charge in [-0.15, -0.1) is 0 Å². The number of hydrogen-bond donors (Lipinski definition) is 3. The predicted octanol–water partition coefficient (Wildman–Crippen LogP) is 1.58. The number of hydrogen-bond acceptors (Lipinski definition) is 5.